The number of carbonyl (C=O) groups excluding carboxylic acids is 1. The van der Waals surface area contributed by atoms with Gasteiger partial charge >= 0.3 is 0 Å². The Balaban J connectivity index is 1.38. The van der Waals surface area contributed by atoms with Crippen molar-refractivity contribution < 1.29 is 18.7 Å². The first-order chi connectivity index (χ1) is 13.2. The van der Waals surface area contributed by atoms with E-state index in [0.29, 0.717) is 49.1 Å². The largest absolute Gasteiger partial charge is 0.486 e. The predicted octanol–water partition coefficient (Wildman–Crippen LogP) is 3.45. The SMILES string of the molecule is O=C(Nc1ccc2c(c1)OCCO2)C1CCCN(Cc2ccccc2F)C1. The van der Waals surface area contributed by atoms with Gasteiger partial charge in [0.2, 0.25) is 5.91 Å². The summed E-state index contributed by atoms with van der Waals surface area (Å²) >= 11 is 0. The van der Waals surface area contributed by atoms with Crippen LogP contribution < -0.4 is 14.8 Å². The van der Waals surface area contributed by atoms with Crippen LogP contribution in [0, 0.1) is 11.7 Å². The molecule has 1 N–H and O–H groups in total. The molecule has 2 heterocycles. The molecular weight excluding hydrogens is 347 g/mol. The van der Waals surface area contributed by atoms with Crippen LogP contribution in [-0.4, -0.2) is 37.1 Å². The molecule has 142 valence electrons. The minimum absolute atomic E-state index is 0.00934. The average Bonchev–Trinajstić information content (AvgIpc) is 2.70. The molecular formula is C21H23FN2O3. The van der Waals surface area contributed by atoms with E-state index in [1.807, 2.05) is 18.2 Å². The normalized spacial score (nSPS) is 19.5. The quantitative estimate of drug-likeness (QED) is 0.896. The number of fused-ring (bicyclic) bond motifs is 1. The molecule has 0 bridgehead atoms. The van der Waals surface area contributed by atoms with Crippen molar-refractivity contribution in [1.29, 1.82) is 0 Å². The van der Waals surface area contributed by atoms with Crippen molar-refractivity contribution in [2.24, 2.45) is 5.92 Å². The highest BCUT2D eigenvalue weighted by molar-refractivity contribution is 5.93. The van der Waals surface area contributed by atoms with Crippen molar-refractivity contribution in [2.45, 2.75) is 19.4 Å². The van der Waals surface area contributed by atoms with Gasteiger partial charge in [-0.15, -0.1) is 0 Å². The third kappa shape index (κ3) is 4.22. The molecule has 1 unspecified atom stereocenters. The molecule has 27 heavy (non-hydrogen) atoms. The van der Waals surface area contributed by atoms with Gasteiger partial charge in [0.25, 0.3) is 0 Å². The molecule has 1 fully saturated rings. The molecule has 2 aliphatic rings. The van der Waals surface area contributed by atoms with E-state index < -0.39 is 0 Å². The number of hydrogen-bond donors (Lipinski definition) is 1. The molecule has 2 aromatic rings. The van der Waals surface area contributed by atoms with Crippen molar-refractivity contribution >= 4 is 11.6 Å². The first kappa shape index (κ1) is 17.8. The third-order valence-corrected chi connectivity index (χ3v) is 5.04. The Morgan fingerprint density at radius 3 is 2.81 bits per heavy atom. The van der Waals surface area contributed by atoms with Crippen LogP contribution in [0.5, 0.6) is 11.5 Å². The monoisotopic (exact) mass is 370 g/mol. The molecule has 5 nitrogen and oxygen atoms in total. The van der Waals surface area contributed by atoms with E-state index >= 15 is 0 Å². The van der Waals surface area contributed by atoms with Gasteiger partial charge < -0.3 is 14.8 Å². The highest BCUT2D eigenvalue weighted by atomic mass is 19.1. The lowest BCUT2D eigenvalue weighted by Crippen LogP contribution is -2.40. The number of rotatable bonds is 4. The van der Waals surface area contributed by atoms with Gasteiger partial charge in [-0.05, 0) is 37.6 Å². The fourth-order valence-corrected chi connectivity index (χ4v) is 3.65. The van der Waals surface area contributed by atoms with Crippen LogP contribution in [0.2, 0.25) is 0 Å². The summed E-state index contributed by atoms with van der Waals surface area (Å²) in [7, 11) is 0. The second-order valence-electron chi connectivity index (χ2n) is 7.01. The number of benzene rings is 2. The van der Waals surface area contributed by atoms with Crippen molar-refractivity contribution in [1.82, 2.24) is 4.90 Å². The fourth-order valence-electron chi connectivity index (χ4n) is 3.65. The summed E-state index contributed by atoms with van der Waals surface area (Å²) in [5.74, 6) is 1.04. The van der Waals surface area contributed by atoms with E-state index in [1.165, 1.54) is 6.07 Å². The van der Waals surface area contributed by atoms with Gasteiger partial charge in [0.1, 0.15) is 19.0 Å². The number of anilines is 1. The lowest BCUT2D eigenvalue weighted by atomic mass is 9.96. The smallest absolute Gasteiger partial charge is 0.228 e. The molecule has 6 heteroatoms. The van der Waals surface area contributed by atoms with Crippen LogP contribution in [0.4, 0.5) is 10.1 Å². The zero-order valence-corrected chi connectivity index (χ0v) is 15.1. The number of ether oxygens (including phenoxy) is 2. The van der Waals surface area contributed by atoms with E-state index in [1.54, 1.807) is 18.2 Å². The van der Waals surface area contributed by atoms with Gasteiger partial charge in [-0.3, -0.25) is 9.69 Å². The Kier molecular flexibility index (Phi) is 5.25. The van der Waals surface area contributed by atoms with Crippen LogP contribution in [-0.2, 0) is 11.3 Å². The number of amides is 1. The minimum atomic E-state index is -0.194. The predicted molar refractivity (Wildman–Crippen MR) is 100 cm³/mol. The fraction of sp³-hybridized carbons (Fsp3) is 0.381. The summed E-state index contributed by atoms with van der Waals surface area (Å²) < 4.78 is 25.0. The van der Waals surface area contributed by atoms with Gasteiger partial charge in [0, 0.05) is 30.4 Å². The topological polar surface area (TPSA) is 50.8 Å². The Morgan fingerprint density at radius 2 is 1.96 bits per heavy atom. The van der Waals surface area contributed by atoms with E-state index in [9.17, 15) is 9.18 Å². The zero-order valence-electron chi connectivity index (χ0n) is 15.1. The van der Waals surface area contributed by atoms with Gasteiger partial charge in [-0.1, -0.05) is 18.2 Å². The van der Waals surface area contributed by atoms with Gasteiger partial charge in [-0.25, -0.2) is 4.39 Å². The minimum Gasteiger partial charge on any atom is -0.486 e. The number of likely N-dealkylation sites (tertiary alicyclic amines) is 1. The average molecular weight is 370 g/mol. The third-order valence-electron chi connectivity index (χ3n) is 5.04. The van der Waals surface area contributed by atoms with Gasteiger partial charge in [-0.2, -0.15) is 0 Å². The summed E-state index contributed by atoms with van der Waals surface area (Å²) in [4.78, 5) is 14.9. The number of hydrogen-bond acceptors (Lipinski definition) is 4. The molecule has 1 saturated heterocycles. The second-order valence-corrected chi connectivity index (χ2v) is 7.01. The van der Waals surface area contributed by atoms with Crippen LogP contribution >= 0.6 is 0 Å². The molecule has 0 aromatic heterocycles. The Morgan fingerprint density at radius 1 is 1.15 bits per heavy atom. The van der Waals surface area contributed by atoms with E-state index in [-0.39, 0.29) is 17.6 Å². The molecule has 2 aliphatic heterocycles. The van der Waals surface area contributed by atoms with Crippen LogP contribution in [0.3, 0.4) is 0 Å². The molecule has 0 radical (unpaired) electrons. The molecule has 0 aliphatic carbocycles. The van der Waals surface area contributed by atoms with Crippen LogP contribution in [0.15, 0.2) is 42.5 Å². The van der Waals surface area contributed by atoms with Crippen LogP contribution in [0.1, 0.15) is 18.4 Å². The molecule has 1 atom stereocenters. The number of nitrogens with zero attached hydrogens (tertiary/aromatic N) is 1. The summed E-state index contributed by atoms with van der Waals surface area (Å²) in [6, 6.07) is 12.2. The standard InChI is InChI=1S/C21H23FN2O3/c22-18-6-2-1-4-15(18)13-24-9-3-5-16(14-24)21(25)23-17-7-8-19-20(12-17)27-11-10-26-19/h1-2,4,6-8,12,16H,3,5,9-11,13-14H2,(H,23,25). The Hall–Kier alpha value is -2.60. The molecule has 0 spiro atoms. The summed E-state index contributed by atoms with van der Waals surface area (Å²) in [5, 5.41) is 2.98. The van der Waals surface area contributed by atoms with Gasteiger partial charge in [0.15, 0.2) is 11.5 Å². The highest BCUT2D eigenvalue weighted by Gasteiger charge is 2.26. The zero-order chi connectivity index (χ0) is 18.6. The van der Waals surface area contributed by atoms with Crippen molar-refractivity contribution in [2.75, 3.05) is 31.6 Å². The number of piperidine rings is 1. The lowest BCUT2D eigenvalue weighted by molar-refractivity contribution is -0.121. The van der Waals surface area contributed by atoms with E-state index in [0.717, 1.165) is 19.4 Å². The first-order valence-corrected chi connectivity index (χ1v) is 9.35. The van der Waals surface area contributed by atoms with E-state index in [2.05, 4.69) is 10.2 Å². The maximum Gasteiger partial charge on any atom is 0.228 e. The molecule has 0 saturated carbocycles. The molecule has 2 aromatic carbocycles. The molecule has 1 amide bonds. The second kappa shape index (κ2) is 7.96. The molecule has 4 rings (SSSR count). The maximum atomic E-state index is 13.9. The number of carbonyl (C=O) groups is 1. The lowest BCUT2D eigenvalue weighted by Gasteiger charge is -2.32. The van der Waals surface area contributed by atoms with E-state index in [4.69, 9.17) is 9.47 Å². The summed E-state index contributed by atoms with van der Waals surface area (Å²) in [6.45, 7) is 3.09. The highest BCUT2D eigenvalue weighted by Crippen LogP contribution is 2.33. The van der Waals surface area contributed by atoms with Crippen molar-refractivity contribution in [3.63, 3.8) is 0 Å². The Labute approximate surface area is 158 Å². The first-order valence-electron chi connectivity index (χ1n) is 9.35. The van der Waals surface area contributed by atoms with Crippen molar-refractivity contribution in [3.05, 3.63) is 53.8 Å². The van der Waals surface area contributed by atoms with Crippen LogP contribution in [0.25, 0.3) is 0 Å². The summed E-state index contributed by atoms with van der Waals surface area (Å²) in [6.07, 6.45) is 1.76. The number of halogens is 1. The van der Waals surface area contributed by atoms with Gasteiger partial charge in [0.05, 0.1) is 5.92 Å². The maximum absolute atomic E-state index is 13.9. The Bertz CT molecular complexity index is 827. The van der Waals surface area contributed by atoms with Crippen molar-refractivity contribution in [3.8, 4) is 11.5 Å². The number of nitrogens with one attached hydrogen (secondary N) is 1. The summed E-state index contributed by atoms with van der Waals surface area (Å²) in [5.41, 5.74) is 1.38.